The molecule has 0 spiro atoms. The van der Waals surface area contributed by atoms with Gasteiger partial charge < -0.3 is 0 Å². The Morgan fingerprint density at radius 3 is 2.86 bits per heavy atom. The molecule has 0 amide bonds. The van der Waals surface area contributed by atoms with Crippen LogP contribution in [0.15, 0.2) is 22.7 Å². The smallest absolute Gasteiger partial charge is 0.149 e. The molecule has 0 bridgehead atoms. The third-order valence-electron chi connectivity index (χ3n) is 2.07. The number of fused-ring (bicyclic) bond motifs is 1. The van der Waals surface area contributed by atoms with Crippen molar-refractivity contribution < 1.29 is 0 Å². The first-order valence-electron chi connectivity index (χ1n) is 4.12. The van der Waals surface area contributed by atoms with Crippen LogP contribution in [-0.4, -0.2) is 10.2 Å². The minimum Gasteiger partial charge on any atom is -0.149 e. The van der Waals surface area contributed by atoms with E-state index in [1.54, 1.807) is 0 Å². The van der Waals surface area contributed by atoms with Crippen molar-refractivity contribution in [2.45, 2.75) is 6.92 Å². The van der Waals surface area contributed by atoms with Gasteiger partial charge in [-0.05, 0) is 40.4 Å². The van der Waals surface area contributed by atoms with Gasteiger partial charge in [0.2, 0.25) is 0 Å². The van der Waals surface area contributed by atoms with Gasteiger partial charge >= 0.3 is 0 Å². The second kappa shape index (κ2) is 3.39. The van der Waals surface area contributed by atoms with Crippen LogP contribution in [0.25, 0.3) is 10.9 Å². The van der Waals surface area contributed by atoms with Gasteiger partial charge in [-0.3, -0.25) is 0 Å². The average molecular weight is 247 g/mol. The van der Waals surface area contributed by atoms with Gasteiger partial charge in [0.25, 0.3) is 0 Å². The highest BCUT2D eigenvalue weighted by molar-refractivity contribution is 9.10. The lowest BCUT2D eigenvalue weighted by atomic mass is 10.1. The quantitative estimate of drug-likeness (QED) is 0.669. The van der Waals surface area contributed by atoms with Crippen LogP contribution < -0.4 is 0 Å². The average Bonchev–Trinajstić information content (AvgIpc) is 2.18. The standard InChI is InChI=1S/C11H7BrN2/c1-3-8-11(12)10-7(2)5-4-6-9(10)14-13-8/h1,4-6H,2H3. The molecule has 0 unspecified atom stereocenters. The largest absolute Gasteiger partial charge is 0.150 e. The number of nitrogens with zero attached hydrogens (tertiary/aromatic N) is 2. The molecule has 0 aliphatic heterocycles. The number of rotatable bonds is 0. The SMILES string of the molecule is C#Cc1nnc2cccc(C)c2c1Br. The van der Waals surface area contributed by atoms with Gasteiger partial charge in [-0.2, -0.15) is 0 Å². The second-order valence-corrected chi connectivity index (χ2v) is 3.77. The normalized spacial score (nSPS) is 10.1. The van der Waals surface area contributed by atoms with Crippen molar-refractivity contribution >= 4 is 26.8 Å². The number of aryl methyl sites for hydroxylation is 1. The number of hydrogen-bond acceptors (Lipinski definition) is 2. The summed E-state index contributed by atoms with van der Waals surface area (Å²) < 4.78 is 0.850. The molecule has 0 fully saturated rings. The summed E-state index contributed by atoms with van der Waals surface area (Å²) in [6.45, 7) is 2.02. The van der Waals surface area contributed by atoms with Gasteiger partial charge in [0, 0.05) is 5.39 Å². The summed E-state index contributed by atoms with van der Waals surface area (Å²) in [5, 5.41) is 9.02. The first-order chi connectivity index (χ1) is 6.74. The van der Waals surface area contributed by atoms with Crippen LogP contribution in [0.4, 0.5) is 0 Å². The molecule has 0 radical (unpaired) electrons. The Kier molecular flexibility index (Phi) is 2.22. The highest BCUT2D eigenvalue weighted by atomic mass is 79.9. The maximum atomic E-state index is 5.31. The highest BCUT2D eigenvalue weighted by Crippen LogP contribution is 2.26. The van der Waals surface area contributed by atoms with E-state index in [0.717, 1.165) is 20.9 Å². The van der Waals surface area contributed by atoms with E-state index < -0.39 is 0 Å². The molecule has 0 aliphatic rings. The van der Waals surface area contributed by atoms with E-state index in [2.05, 4.69) is 32.0 Å². The number of halogens is 1. The van der Waals surface area contributed by atoms with Crippen LogP contribution in [0.5, 0.6) is 0 Å². The Labute approximate surface area is 90.5 Å². The Balaban J connectivity index is 2.95. The zero-order chi connectivity index (χ0) is 10.1. The molecule has 2 rings (SSSR count). The highest BCUT2D eigenvalue weighted by Gasteiger charge is 2.07. The molecule has 2 nitrogen and oxygen atoms in total. The van der Waals surface area contributed by atoms with Gasteiger partial charge in [0.05, 0.1) is 9.99 Å². The number of hydrogen-bond donors (Lipinski definition) is 0. The van der Waals surface area contributed by atoms with Crippen molar-refractivity contribution in [1.29, 1.82) is 0 Å². The Morgan fingerprint density at radius 2 is 2.14 bits per heavy atom. The molecule has 14 heavy (non-hydrogen) atoms. The van der Waals surface area contributed by atoms with E-state index in [-0.39, 0.29) is 0 Å². The molecule has 3 heteroatoms. The van der Waals surface area contributed by atoms with E-state index >= 15 is 0 Å². The second-order valence-electron chi connectivity index (χ2n) is 2.98. The van der Waals surface area contributed by atoms with Gasteiger partial charge in [0.15, 0.2) is 5.69 Å². The molecule has 0 saturated heterocycles. The van der Waals surface area contributed by atoms with Crippen LogP contribution >= 0.6 is 15.9 Å². The first-order valence-corrected chi connectivity index (χ1v) is 4.91. The predicted molar refractivity (Wildman–Crippen MR) is 59.9 cm³/mol. The third-order valence-corrected chi connectivity index (χ3v) is 2.84. The van der Waals surface area contributed by atoms with E-state index in [1.165, 1.54) is 0 Å². The predicted octanol–water partition coefficient (Wildman–Crippen LogP) is 2.68. The van der Waals surface area contributed by atoms with Crippen LogP contribution in [0.2, 0.25) is 0 Å². The minimum absolute atomic E-state index is 0.548. The topological polar surface area (TPSA) is 25.8 Å². The van der Waals surface area contributed by atoms with Crippen LogP contribution in [0, 0.1) is 19.3 Å². The molecular weight excluding hydrogens is 240 g/mol. The molecule has 0 atom stereocenters. The Bertz CT molecular complexity index is 541. The Morgan fingerprint density at radius 1 is 1.36 bits per heavy atom. The van der Waals surface area contributed by atoms with Crippen molar-refractivity contribution in [3.8, 4) is 12.3 Å². The van der Waals surface area contributed by atoms with E-state index in [0.29, 0.717) is 5.69 Å². The van der Waals surface area contributed by atoms with Gasteiger partial charge in [0.1, 0.15) is 0 Å². The zero-order valence-corrected chi connectivity index (χ0v) is 9.17. The lowest BCUT2D eigenvalue weighted by molar-refractivity contribution is 1.05. The van der Waals surface area contributed by atoms with Crippen molar-refractivity contribution in [2.24, 2.45) is 0 Å². The maximum Gasteiger partial charge on any atom is 0.150 e. The summed E-state index contributed by atoms with van der Waals surface area (Å²) in [4.78, 5) is 0. The maximum absolute atomic E-state index is 5.31. The van der Waals surface area contributed by atoms with Crippen molar-refractivity contribution in [3.05, 3.63) is 33.9 Å². The fraction of sp³-hybridized carbons (Fsp3) is 0.0909. The first kappa shape index (κ1) is 9.17. The van der Waals surface area contributed by atoms with E-state index in [1.807, 2.05) is 25.1 Å². The fourth-order valence-electron chi connectivity index (χ4n) is 1.38. The van der Waals surface area contributed by atoms with Crippen molar-refractivity contribution in [2.75, 3.05) is 0 Å². The molecule has 2 aromatic rings. The van der Waals surface area contributed by atoms with Crippen molar-refractivity contribution in [1.82, 2.24) is 10.2 Å². The lowest BCUT2D eigenvalue weighted by Crippen LogP contribution is -1.92. The third kappa shape index (κ3) is 1.28. The molecule has 1 aromatic heterocycles. The van der Waals surface area contributed by atoms with E-state index in [4.69, 9.17) is 6.42 Å². The van der Waals surface area contributed by atoms with Crippen LogP contribution in [0.3, 0.4) is 0 Å². The summed E-state index contributed by atoms with van der Waals surface area (Å²) in [5.41, 5.74) is 2.54. The molecule has 0 N–H and O–H groups in total. The molecule has 1 heterocycles. The number of terminal acetylenes is 1. The van der Waals surface area contributed by atoms with Crippen LogP contribution in [-0.2, 0) is 0 Å². The lowest BCUT2D eigenvalue weighted by Gasteiger charge is -2.03. The Hall–Kier alpha value is -1.40. The minimum atomic E-state index is 0.548. The molecule has 0 aliphatic carbocycles. The summed E-state index contributed by atoms with van der Waals surface area (Å²) in [5.74, 6) is 2.49. The monoisotopic (exact) mass is 246 g/mol. The summed E-state index contributed by atoms with van der Waals surface area (Å²) >= 11 is 3.45. The van der Waals surface area contributed by atoms with E-state index in [9.17, 15) is 0 Å². The number of benzene rings is 1. The van der Waals surface area contributed by atoms with Crippen LogP contribution in [0.1, 0.15) is 11.3 Å². The van der Waals surface area contributed by atoms with Gasteiger partial charge in [-0.1, -0.05) is 12.1 Å². The zero-order valence-electron chi connectivity index (χ0n) is 7.58. The van der Waals surface area contributed by atoms with Gasteiger partial charge in [-0.25, -0.2) is 0 Å². The molecule has 0 saturated carbocycles. The molecular formula is C11H7BrN2. The molecule has 68 valence electrons. The molecule has 1 aromatic carbocycles. The number of aromatic nitrogens is 2. The van der Waals surface area contributed by atoms with Crippen molar-refractivity contribution in [3.63, 3.8) is 0 Å². The van der Waals surface area contributed by atoms with Gasteiger partial charge in [-0.15, -0.1) is 16.6 Å². The summed E-state index contributed by atoms with van der Waals surface area (Å²) in [7, 11) is 0. The summed E-state index contributed by atoms with van der Waals surface area (Å²) in [6.07, 6.45) is 5.31. The summed E-state index contributed by atoms with van der Waals surface area (Å²) in [6, 6.07) is 5.89. The fourth-order valence-corrected chi connectivity index (χ4v) is 2.09.